The molecule has 52 heavy (non-hydrogen) atoms. The molecule has 13 aromatic rings. The van der Waals surface area contributed by atoms with Crippen molar-refractivity contribution in [3.8, 4) is 11.4 Å². The van der Waals surface area contributed by atoms with E-state index >= 15 is 0 Å². The Balaban J connectivity index is 1.26. The van der Waals surface area contributed by atoms with E-state index in [0.29, 0.717) is 0 Å². The fourth-order valence-electron chi connectivity index (χ4n) is 9.51. The second-order valence-electron chi connectivity index (χ2n) is 13.9. The normalized spacial score (nSPS) is 12.6. The summed E-state index contributed by atoms with van der Waals surface area (Å²) in [6, 6.07) is 48.7. The molecule has 0 saturated heterocycles. The highest BCUT2D eigenvalue weighted by Crippen LogP contribution is 2.46. The highest BCUT2D eigenvalue weighted by Gasteiger charge is 2.26. The minimum atomic E-state index is 1.10. The first-order valence-electron chi connectivity index (χ1n) is 17.7. The largest absolute Gasteiger partial charge is 0.307 e. The molecule has 0 N–H and O–H groups in total. The summed E-state index contributed by atoms with van der Waals surface area (Å²) in [6.45, 7) is 0. The molecule has 7 aromatic heterocycles. The highest BCUT2D eigenvalue weighted by molar-refractivity contribution is 6.26. The van der Waals surface area contributed by atoms with E-state index in [1.54, 1.807) is 0 Å². The average molecular weight is 663 g/mol. The summed E-state index contributed by atoms with van der Waals surface area (Å²) in [5, 5.41) is 9.77. The standard InChI is InChI=1S/C46H26N6/c1-5-13-33-27(9-1)29-21-23-47-25-41(29)49(33)37-17-19-39-45-43(37)31-11-3-7-15-35(31)51(45)40-20-18-38(44-32-12-4-8-16-36(32)52(39)46(40)44)50-34-14-6-2-10-28(34)30-22-24-48-26-42(30)50/h1-26H. The van der Waals surface area contributed by atoms with Crippen LogP contribution in [0.2, 0.25) is 0 Å². The molecule has 0 aliphatic heterocycles. The van der Waals surface area contributed by atoms with Gasteiger partial charge >= 0.3 is 0 Å². The Hall–Kier alpha value is -7.18. The van der Waals surface area contributed by atoms with E-state index in [1.807, 2.05) is 24.8 Å². The predicted octanol–water partition coefficient (Wildman–Crippen LogP) is 11.2. The van der Waals surface area contributed by atoms with Gasteiger partial charge in [0.05, 0.1) is 78.9 Å². The van der Waals surface area contributed by atoms with E-state index in [1.165, 1.54) is 87.2 Å². The average Bonchev–Trinajstić information content (AvgIpc) is 3.94. The number of aromatic nitrogens is 6. The van der Waals surface area contributed by atoms with Crippen LogP contribution in [-0.2, 0) is 0 Å². The van der Waals surface area contributed by atoms with E-state index in [9.17, 15) is 0 Å². The topological polar surface area (TPSA) is 44.5 Å². The molecule has 0 saturated carbocycles. The van der Waals surface area contributed by atoms with Crippen LogP contribution < -0.4 is 0 Å². The van der Waals surface area contributed by atoms with Crippen molar-refractivity contribution in [2.24, 2.45) is 0 Å². The second-order valence-corrected chi connectivity index (χ2v) is 13.9. The van der Waals surface area contributed by atoms with E-state index in [4.69, 9.17) is 0 Å². The van der Waals surface area contributed by atoms with Crippen LogP contribution in [0.5, 0.6) is 0 Å². The van der Waals surface area contributed by atoms with Crippen molar-refractivity contribution in [3.63, 3.8) is 0 Å². The molecule has 0 aliphatic rings. The molecule has 6 heteroatoms. The fraction of sp³-hybridized carbons (Fsp3) is 0. The van der Waals surface area contributed by atoms with E-state index in [0.717, 1.165) is 22.4 Å². The monoisotopic (exact) mass is 662 g/mol. The van der Waals surface area contributed by atoms with Gasteiger partial charge in [-0.05, 0) is 60.7 Å². The number of hydrogen-bond donors (Lipinski definition) is 0. The lowest BCUT2D eigenvalue weighted by Crippen LogP contribution is -2.01. The zero-order chi connectivity index (χ0) is 33.7. The van der Waals surface area contributed by atoms with Gasteiger partial charge in [0, 0.05) is 55.5 Å². The number of nitrogens with zero attached hydrogens (tertiary/aromatic N) is 6. The smallest absolute Gasteiger partial charge is 0.0804 e. The Morgan fingerprint density at radius 1 is 0.308 bits per heavy atom. The predicted molar refractivity (Wildman–Crippen MR) is 214 cm³/mol. The maximum absolute atomic E-state index is 4.60. The third-order valence-corrected chi connectivity index (χ3v) is 11.5. The molecule has 0 unspecified atom stereocenters. The molecule has 0 spiro atoms. The van der Waals surface area contributed by atoms with Crippen LogP contribution in [0.4, 0.5) is 0 Å². The first-order chi connectivity index (χ1) is 25.9. The van der Waals surface area contributed by atoms with Crippen molar-refractivity contribution in [1.29, 1.82) is 0 Å². The number of pyridine rings is 2. The van der Waals surface area contributed by atoms with Gasteiger partial charge in [-0.3, -0.25) is 9.97 Å². The third-order valence-electron chi connectivity index (χ3n) is 11.5. The molecule has 0 aliphatic carbocycles. The molecule has 6 aromatic carbocycles. The molecule has 240 valence electrons. The Morgan fingerprint density at radius 2 is 0.692 bits per heavy atom. The molecule has 13 rings (SSSR count). The van der Waals surface area contributed by atoms with Gasteiger partial charge in [0.1, 0.15) is 0 Å². The van der Waals surface area contributed by atoms with Crippen LogP contribution in [-0.4, -0.2) is 27.9 Å². The lowest BCUT2D eigenvalue weighted by Gasteiger charge is -2.16. The van der Waals surface area contributed by atoms with Gasteiger partial charge in [0.2, 0.25) is 0 Å². The molecule has 0 fully saturated rings. The van der Waals surface area contributed by atoms with Crippen LogP contribution in [0.15, 0.2) is 158 Å². The summed E-state index contributed by atoms with van der Waals surface area (Å²) in [6.07, 6.45) is 7.80. The van der Waals surface area contributed by atoms with Gasteiger partial charge in [-0.25, -0.2) is 0 Å². The maximum atomic E-state index is 4.60. The molecule has 0 atom stereocenters. The van der Waals surface area contributed by atoms with Crippen molar-refractivity contribution in [3.05, 3.63) is 158 Å². The lowest BCUT2D eigenvalue weighted by atomic mass is 10.1. The molecule has 6 nitrogen and oxygen atoms in total. The maximum Gasteiger partial charge on any atom is 0.0804 e. The zero-order valence-corrected chi connectivity index (χ0v) is 27.7. The quantitative estimate of drug-likeness (QED) is 0.173. The van der Waals surface area contributed by atoms with Crippen LogP contribution >= 0.6 is 0 Å². The van der Waals surface area contributed by atoms with Gasteiger partial charge in [0.15, 0.2) is 0 Å². The summed E-state index contributed by atoms with van der Waals surface area (Å²) >= 11 is 0. The number of rotatable bonds is 2. The minimum absolute atomic E-state index is 1.10. The Morgan fingerprint density at radius 3 is 1.15 bits per heavy atom. The molecular formula is C46H26N6. The number of para-hydroxylation sites is 4. The summed E-state index contributed by atoms with van der Waals surface area (Å²) < 4.78 is 9.83. The Labute approximate surface area is 294 Å². The first-order valence-corrected chi connectivity index (χ1v) is 17.7. The van der Waals surface area contributed by atoms with Crippen molar-refractivity contribution in [2.75, 3.05) is 0 Å². The summed E-state index contributed by atoms with van der Waals surface area (Å²) in [4.78, 5) is 9.20. The minimum Gasteiger partial charge on any atom is -0.307 e. The first kappa shape index (κ1) is 26.7. The Bertz CT molecular complexity index is 3300. The zero-order valence-electron chi connectivity index (χ0n) is 27.7. The number of hydrogen-bond acceptors (Lipinski definition) is 2. The third kappa shape index (κ3) is 3.05. The Kier molecular flexibility index (Phi) is 4.78. The van der Waals surface area contributed by atoms with Gasteiger partial charge in [-0.15, -0.1) is 0 Å². The van der Waals surface area contributed by atoms with Crippen molar-refractivity contribution < 1.29 is 0 Å². The van der Waals surface area contributed by atoms with Crippen molar-refractivity contribution >= 4 is 98.3 Å². The lowest BCUT2D eigenvalue weighted by molar-refractivity contribution is 1.17. The second kappa shape index (κ2) is 9.33. The molecular weight excluding hydrogens is 637 g/mol. The van der Waals surface area contributed by atoms with Crippen LogP contribution in [0.1, 0.15) is 0 Å². The molecule has 0 bridgehead atoms. The molecule has 0 amide bonds. The van der Waals surface area contributed by atoms with Gasteiger partial charge in [-0.2, -0.15) is 0 Å². The van der Waals surface area contributed by atoms with Crippen molar-refractivity contribution in [1.82, 2.24) is 27.9 Å². The highest BCUT2D eigenvalue weighted by atomic mass is 15.1. The van der Waals surface area contributed by atoms with Crippen LogP contribution in [0.3, 0.4) is 0 Å². The summed E-state index contributed by atoms with van der Waals surface area (Å²) in [7, 11) is 0. The van der Waals surface area contributed by atoms with Gasteiger partial charge in [0.25, 0.3) is 0 Å². The summed E-state index contributed by atoms with van der Waals surface area (Å²) in [5.74, 6) is 0. The number of benzene rings is 6. The molecule has 7 heterocycles. The van der Waals surface area contributed by atoms with Crippen LogP contribution in [0.25, 0.3) is 110 Å². The van der Waals surface area contributed by atoms with Crippen LogP contribution in [0, 0.1) is 0 Å². The van der Waals surface area contributed by atoms with E-state index in [-0.39, 0.29) is 0 Å². The van der Waals surface area contributed by atoms with Gasteiger partial charge in [-0.1, -0.05) is 72.8 Å². The van der Waals surface area contributed by atoms with Gasteiger partial charge < -0.3 is 17.9 Å². The summed E-state index contributed by atoms with van der Waals surface area (Å²) in [5.41, 5.74) is 14.0. The fourth-order valence-corrected chi connectivity index (χ4v) is 9.51. The SMILES string of the molecule is c1ccc2c(c1)c1ccncc1n2-c1ccc2c3c1c1ccccc1n3c1ccc(-n3c4ccccc4c4ccncc43)c3c4ccccc4n2c31. The van der Waals surface area contributed by atoms with Crippen molar-refractivity contribution in [2.45, 2.75) is 0 Å². The number of fused-ring (bicyclic) bond motifs is 14. The van der Waals surface area contributed by atoms with E-state index < -0.39 is 0 Å². The van der Waals surface area contributed by atoms with E-state index in [2.05, 4.69) is 161 Å². The molecule has 0 radical (unpaired) electrons.